The maximum absolute atomic E-state index is 10.2. The summed E-state index contributed by atoms with van der Waals surface area (Å²) in [5, 5.41) is 0. The van der Waals surface area contributed by atoms with Gasteiger partial charge in [0.05, 0.1) is 14.4 Å². The second-order valence-corrected chi connectivity index (χ2v) is 3.95. The zero-order chi connectivity index (χ0) is 6.85. The van der Waals surface area contributed by atoms with Crippen molar-refractivity contribution >= 4 is 39.2 Å². The largest absolute Gasteiger partial charge is 0.397 e. The quantitative estimate of drug-likeness (QED) is 0.713. The molecule has 1 aromatic heterocycles. The van der Waals surface area contributed by atoms with Gasteiger partial charge in [-0.1, -0.05) is 0 Å². The minimum absolute atomic E-state index is 0.543. The molecule has 1 aromatic rings. The molecule has 0 saturated heterocycles. The van der Waals surface area contributed by atoms with Crippen LogP contribution in [0.15, 0.2) is 9.85 Å². The monoisotopic (exact) mass is 205 g/mol. The third kappa shape index (κ3) is 1.31. The Balaban J connectivity index is 3.15. The van der Waals surface area contributed by atoms with Gasteiger partial charge in [-0.3, -0.25) is 4.79 Å². The van der Waals surface area contributed by atoms with E-state index in [-0.39, 0.29) is 0 Å². The van der Waals surface area contributed by atoms with E-state index in [4.69, 9.17) is 5.73 Å². The van der Waals surface area contributed by atoms with Crippen LogP contribution in [0.2, 0.25) is 0 Å². The molecule has 0 aliphatic heterocycles. The lowest BCUT2D eigenvalue weighted by Gasteiger charge is -1.80. The smallest absolute Gasteiger partial charge is 0.162 e. The second-order valence-electron chi connectivity index (χ2n) is 1.49. The average molecular weight is 206 g/mol. The number of aldehydes is 1. The van der Waals surface area contributed by atoms with E-state index in [1.165, 1.54) is 11.3 Å². The van der Waals surface area contributed by atoms with Crippen molar-refractivity contribution in [2.24, 2.45) is 0 Å². The molecule has 0 amide bonds. The van der Waals surface area contributed by atoms with E-state index in [0.29, 0.717) is 10.6 Å². The van der Waals surface area contributed by atoms with Gasteiger partial charge in [0.15, 0.2) is 6.29 Å². The Morgan fingerprint density at radius 2 is 2.44 bits per heavy atom. The molecule has 0 aliphatic carbocycles. The predicted octanol–water partition coefficient (Wildman–Crippen LogP) is 1.91. The van der Waals surface area contributed by atoms with Crippen LogP contribution in [-0.4, -0.2) is 6.29 Å². The molecule has 0 atom stereocenters. The number of hydrogen-bond donors (Lipinski definition) is 1. The lowest BCUT2D eigenvalue weighted by molar-refractivity contribution is 0.112. The van der Waals surface area contributed by atoms with Crippen molar-refractivity contribution in [3.05, 3.63) is 14.7 Å². The summed E-state index contributed by atoms with van der Waals surface area (Å²) in [5.41, 5.74) is 5.94. The number of carbonyl (C=O) groups is 1. The molecule has 0 bridgehead atoms. The zero-order valence-electron chi connectivity index (χ0n) is 4.43. The molecule has 0 radical (unpaired) electrons. The molecule has 0 fully saturated rings. The van der Waals surface area contributed by atoms with Crippen molar-refractivity contribution in [2.75, 3.05) is 5.73 Å². The van der Waals surface area contributed by atoms with E-state index in [1.807, 2.05) is 0 Å². The van der Waals surface area contributed by atoms with Gasteiger partial charge in [0, 0.05) is 0 Å². The summed E-state index contributed by atoms with van der Waals surface area (Å²) in [7, 11) is 0. The van der Waals surface area contributed by atoms with E-state index < -0.39 is 0 Å². The molecule has 9 heavy (non-hydrogen) atoms. The van der Waals surface area contributed by atoms with Gasteiger partial charge in [-0.15, -0.1) is 11.3 Å². The maximum Gasteiger partial charge on any atom is 0.162 e. The Morgan fingerprint density at radius 1 is 1.78 bits per heavy atom. The first-order valence-electron chi connectivity index (χ1n) is 2.24. The summed E-state index contributed by atoms with van der Waals surface area (Å²) in [6.07, 6.45) is 0.755. The molecule has 0 aromatic carbocycles. The summed E-state index contributed by atoms with van der Waals surface area (Å²) in [6, 6.07) is 1.72. The Bertz CT molecular complexity index is 233. The van der Waals surface area contributed by atoms with Crippen LogP contribution in [0.3, 0.4) is 0 Å². The Morgan fingerprint density at radius 3 is 2.67 bits per heavy atom. The van der Waals surface area contributed by atoms with Crippen molar-refractivity contribution < 1.29 is 4.79 Å². The van der Waals surface area contributed by atoms with Crippen LogP contribution in [-0.2, 0) is 0 Å². The molecule has 0 unspecified atom stereocenters. The van der Waals surface area contributed by atoms with Gasteiger partial charge < -0.3 is 5.73 Å². The Kier molecular flexibility index (Phi) is 1.87. The number of nitrogen functional groups attached to an aromatic ring is 1. The minimum Gasteiger partial charge on any atom is -0.397 e. The maximum atomic E-state index is 10.2. The first-order valence-corrected chi connectivity index (χ1v) is 3.85. The number of hydrogen-bond acceptors (Lipinski definition) is 3. The highest BCUT2D eigenvalue weighted by atomic mass is 79.9. The molecular formula is C5H4BrNOS. The van der Waals surface area contributed by atoms with Crippen LogP contribution in [0.25, 0.3) is 0 Å². The second kappa shape index (κ2) is 2.49. The number of rotatable bonds is 1. The summed E-state index contributed by atoms with van der Waals surface area (Å²) < 4.78 is 0.891. The van der Waals surface area contributed by atoms with E-state index in [0.717, 1.165) is 10.1 Å². The average Bonchev–Trinajstić information content (AvgIpc) is 2.10. The first-order chi connectivity index (χ1) is 4.24. The number of nitrogens with two attached hydrogens (primary N) is 1. The lowest BCUT2D eigenvalue weighted by Crippen LogP contribution is -1.83. The molecule has 1 heterocycles. The van der Waals surface area contributed by atoms with Gasteiger partial charge in [-0.25, -0.2) is 0 Å². The minimum atomic E-state index is 0.543. The highest BCUT2D eigenvalue weighted by Gasteiger charge is 2.00. The van der Waals surface area contributed by atoms with Crippen LogP contribution in [0.4, 0.5) is 5.69 Å². The van der Waals surface area contributed by atoms with E-state index >= 15 is 0 Å². The molecule has 4 heteroatoms. The topological polar surface area (TPSA) is 43.1 Å². The Hall–Kier alpha value is -0.350. The summed E-state index contributed by atoms with van der Waals surface area (Å²) in [5.74, 6) is 0. The fraction of sp³-hybridized carbons (Fsp3) is 0. The molecule has 1 rings (SSSR count). The van der Waals surface area contributed by atoms with Crippen molar-refractivity contribution in [1.82, 2.24) is 0 Å². The van der Waals surface area contributed by atoms with Crippen LogP contribution in [0.5, 0.6) is 0 Å². The van der Waals surface area contributed by atoms with Gasteiger partial charge in [0.2, 0.25) is 0 Å². The van der Waals surface area contributed by atoms with E-state index in [9.17, 15) is 4.79 Å². The van der Waals surface area contributed by atoms with Crippen LogP contribution in [0.1, 0.15) is 9.67 Å². The van der Waals surface area contributed by atoms with Gasteiger partial charge in [-0.05, 0) is 22.0 Å². The fourth-order valence-corrected chi connectivity index (χ4v) is 1.87. The number of carbonyl (C=O) groups excluding carboxylic acids is 1. The first kappa shape index (κ1) is 6.77. The Labute approximate surface area is 64.8 Å². The normalized spacial score (nSPS) is 9.44. The van der Waals surface area contributed by atoms with Crippen LogP contribution in [0, 0.1) is 0 Å². The molecule has 2 N–H and O–H groups in total. The third-order valence-corrected chi connectivity index (χ3v) is 2.45. The van der Waals surface area contributed by atoms with Gasteiger partial charge >= 0.3 is 0 Å². The molecule has 0 spiro atoms. The fourth-order valence-electron chi connectivity index (χ4n) is 0.479. The van der Waals surface area contributed by atoms with E-state index in [2.05, 4.69) is 15.9 Å². The van der Waals surface area contributed by atoms with Crippen LogP contribution >= 0.6 is 27.3 Å². The molecule has 2 nitrogen and oxygen atoms in total. The van der Waals surface area contributed by atoms with Crippen molar-refractivity contribution in [3.63, 3.8) is 0 Å². The van der Waals surface area contributed by atoms with E-state index in [1.54, 1.807) is 6.07 Å². The van der Waals surface area contributed by atoms with Crippen LogP contribution < -0.4 is 5.73 Å². The zero-order valence-corrected chi connectivity index (χ0v) is 6.83. The van der Waals surface area contributed by atoms with Crippen molar-refractivity contribution in [1.29, 1.82) is 0 Å². The number of anilines is 1. The number of thiophene rings is 1. The van der Waals surface area contributed by atoms with Gasteiger partial charge in [0.1, 0.15) is 0 Å². The summed E-state index contributed by atoms with van der Waals surface area (Å²) >= 11 is 4.54. The third-order valence-electron chi connectivity index (χ3n) is 0.868. The predicted molar refractivity (Wildman–Crippen MR) is 41.8 cm³/mol. The highest BCUT2D eigenvalue weighted by Crippen LogP contribution is 2.27. The standard InChI is InChI=1S/C5H4BrNOS/c6-5-1-3(7)4(2-8)9-5/h1-2H,7H2. The summed E-state index contributed by atoms with van der Waals surface area (Å²) in [4.78, 5) is 10.7. The van der Waals surface area contributed by atoms with Crippen molar-refractivity contribution in [3.8, 4) is 0 Å². The molecule has 0 saturated carbocycles. The molecular weight excluding hydrogens is 202 g/mol. The molecule has 48 valence electrons. The SMILES string of the molecule is Nc1cc(Br)sc1C=O. The van der Waals surface area contributed by atoms with Crippen molar-refractivity contribution in [2.45, 2.75) is 0 Å². The lowest BCUT2D eigenvalue weighted by atomic mass is 10.4. The van der Waals surface area contributed by atoms with Gasteiger partial charge in [-0.2, -0.15) is 0 Å². The highest BCUT2D eigenvalue weighted by molar-refractivity contribution is 9.11. The molecule has 0 aliphatic rings. The van der Waals surface area contributed by atoms with Gasteiger partial charge in [0.25, 0.3) is 0 Å². The summed E-state index contributed by atoms with van der Waals surface area (Å²) in [6.45, 7) is 0. The number of halogens is 1.